The van der Waals surface area contributed by atoms with Crippen molar-refractivity contribution in [2.24, 2.45) is 0 Å². The largest absolute Gasteiger partial charge is 0.496 e. The maximum absolute atomic E-state index is 13.2. The number of amides is 1. The summed E-state index contributed by atoms with van der Waals surface area (Å²) in [6.45, 7) is 7.94. The molecule has 2 aromatic rings. The van der Waals surface area contributed by atoms with Gasteiger partial charge in [0.1, 0.15) is 5.75 Å². The lowest BCUT2D eigenvalue weighted by atomic mass is 9.91. The number of hydrogen-bond donors (Lipinski definition) is 1. The molecule has 146 valence electrons. The first kappa shape index (κ1) is 21.0. The van der Waals surface area contributed by atoms with E-state index < -0.39 is 6.10 Å². The minimum absolute atomic E-state index is 0.00490. The Labute approximate surface area is 162 Å². The second-order valence-corrected chi connectivity index (χ2v) is 7.17. The third kappa shape index (κ3) is 4.51. The Bertz CT molecular complexity index is 773. The molecule has 0 saturated carbocycles. The van der Waals surface area contributed by atoms with E-state index in [0.717, 1.165) is 28.0 Å². The monoisotopic (exact) mass is 369 g/mol. The number of nitrogens with zero attached hydrogens (tertiary/aromatic N) is 1. The Balaban J connectivity index is 2.27. The van der Waals surface area contributed by atoms with Crippen LogP contribution in [-0.2, 0) is 4.79 Å². The van der Waals surface area contributed by atoms with Crippen LogP contribution in [0.4, 0.5) is 0 Å². The zero-order valence-corrected chi connectivity index (χ0v) is 17.2. The molecule has 3 atom stereocenters. The second kappa shape index (κ2) is 9.05. The fourth-order valence-corrected chi connectivity index (χ4v) is 3.41. The molecule has 2 aromatic carbocycles. The van der Waals surface area contributed by atoms with Crippen molar-refractivity contribution in [1.82, 2.24) is 4.90 Å². The molecule has 4 heteroatoms. The number of methoxy groups -OCH3 is 1. The van der Waals surface area contributed by atoms with Gasteiger partial charge >= 0.3 is 0 Å². The van der Waals surface area contributed by atoms with Crippen LogP contribution in [0.3, 0.4) is 0 Å². The Morgan fingerprint density at radius 2 is 1.78 bits per heavy atom. The highest BCUT2D eigenvalue weighted by molar-refractivity contribution is 5.84. The van der Waals surface area contributed by atoms with Gasteiger partial charge in [0.05, 0.1) is 25.2 Å². The second-order valence-electron chi connectivity index (χ2n) is 7.17. The van der Waals surface area contributed by atoms with Crippen LogP contribution in [0.2, 0.25) is 0 Å². The highest BCUT2D eigenvalue weighted by atomic mass is 16.5. The van der Waals surface area contributed by atoms with E-state index in [1.807, 2.05) is 64.1 Å². The Morgan fingerprint density at radius 1 is 1.15 bits per heavy atom. The maximum atomic E-state index is 13.2. The number of aryl methyl sites for hydroxylation is 1. The molecule has 0 radical (unpaired) electrons. The lowest BCUT2D eigenvalue weighted by Crippen LogP contribution is -2.41. The third-order valence-corrected chi connectivity index (χ3v) is 5.53. The predicted octanol–water partition coefficient (Wildman–Crippen LogP) is 4.39. The van der Waals surface area contributed by atoms with E-state index >= 15 is 0 Å². The van der Waals surface area contributed by atoms with Gasteiger partial charge in [0.25, 0.3) is 0 Å². The van der Waals surface area contributed by atoms with Gasteiger partial charge in [-0.1, -0.05) is 43.3 Å². The van der Waals surface area contributed by atoms with Gasteiger partial charge < -0.3 is 14.7 Å². The molecule has 0 aliphatic carbocycles. The zero-order chi connectivity index (χ0) is 20.1. The van der Waals surface area contributed by atoms with Crippen molar-refractivity contribution in [3.8, 4) is 5.75 Å². The first-order chi connectivity index (χ1) is 12.8. The van der Waals surface area contributed by atoms with E-state index in [-0.39, 0.29) is 17.9 Å². The van der Waals surface area contributed by atoms with Crippen LogP contribution in [0.15, 0.2) is 42.5 Å². The quantitative estimate of drug-likeness (QED) is 0.788. The summed E-state index contributed by atoms with van der Waals surface area (Å²) < 4.78 is 5.48. The SMILES string of the molecule is CC[C@H](C(=O)N(C)[C@@H](C)[C@@H](O)c1ccccc1)c1cc(C)c(C)c(OC)c1. The van der Waals surface area contributed by atoms with E-state index in [9.17, 15) is 9.90 Å². The highest BCUT2D eigenvalue weighted by Crippen LogP contribution is 2.31. The van der Waals surface area contributed by atoms with Gasteiger partial charge in [0.2, 0.25) is 5.91 Å². The van der Waals surface area contributed by atoms with Gasteiger partial charge in [0, 0.05) is 7.05 Å². The fraction of sp³-hybridized carbons (Fsp3) is 0.435. The molecule has 1 amide bonds. The minimum Gasteiger partial charge on any atom is -0.496 e. The Morgan fingerprint density at radius 3 is 2.33 bits per heavy atom. The summed E-state index contributed by atoms with van der Waals surface area (Å²) in [7, 11) is 3.42. The average Bonchev–Trinajstić information content (AvgIpc) is 2.69. The number of carbonyl (C=O) groups excluding carboxylic acids is 1. The molecule has 2 rings (SSSR count). The summed E-state index contributed by atoms with van der Waals surface area (Å²) in [5.74, 6) is 0.537. The normalized spacial score (nSPS) is 14.3. The number of aliphatic hydroxyl groups is 1. The molecule has 0 heterocycles. The van der Waals surface area contributed by atoms with Gasteiger partial charge in [0.15, 0.2) is 0 Å². The van der Waals surface area contributed by atoms with Crippen LogP contribution in [0.25, 0.3) is 0 Å². The summed E-state index contributed by atoms with van der Waals surface area (Å²) >= 11 is 0. The zero-order valence-electron chi connectivity index (χ0n) is 17.2. The van der Waals surface area contributed by atoms with Crippen LogP contribution in [0.1, 0.15) is 54.5 Å². The predicted molar refractivity (Wildman–Crippen MR) is 109 cm³/mol. The van der Waals surface area contributed by atoms with E-state index in [1.54, 1.807) is 19.1 Å². The first-order valence-electron chi connectivity index (χ1n) is 9.46. The molecular weight excluding hydrogens is 338 g/mol. The Hall–Kier alpha value is -2.33. The molecule has 0 spiro atoms. The first-order valence-corrected chi connectivity index (χ1v) is 9.46. The molecule has 4 nitrogen and oxygen atoms in total. The molecule has 1 N–H and O–H groups in total. The molecule has 0 saturated heterocycles. The van der Waals surface area contributed by atoms with Crippen molar-refractivity contribution in [3.63, 3.8) is 0 Å². The van der Waals surface area contributed by atoms with Crippen molar-refractivity contribution in [2.45, 2.75) is 52.2 Å². The van der Waals surface area contributed by atoms with E-state index in [1.165, 1.54) is 0 Å². The fourth-order valence-electron chi connectivity index (χ4n) is 3.41. The van der Waals surface area contributed by atoms with E-state index in [2.05, 4.69) is 6.07 Å². The van der Waals surface area contributed by atoms with Crippen LogP contribution in [0.5, 0.6) is 5.75 Å². The number of aliphatic hydroxyl groups excluding tert-OH is 1. The number of hydrogen-bond acceptors (Lipinski definition) is 3. The number of carbonyl (C=O) groups is 1. The lowest BCUT2D eigenvalue weighted by molar-refractivity contribution is -0.135. The van der Waals surface area contributed by atoms with Crippen molar-refractivity contribution < 1.29 is 14.6 Å². The molecular formula is C23H31NO3. The molecule has 0 bridgehead atoms. The lowest BCUT2D eigenvalue weighted by Gasteiger charge is -2.32. The molecule has 0 aromatic heterocycles. The van der Waals surface area contributed by atoms with Crippen LogP contribution < -0.4 is 4.74 Å². The summed E-state index contributed by atoms with van der Waals surface area (Å²) in [4.78, 5) is 14.9. The summed E-state index contributed by atoms with van der Waals surface area (Å²) in [6.07, 6.45) is -0.0462. The number of rotatable bonds is 7. The summed E-state index contributed by atoms with van der Waals surface area (Å²) in [5.41, 5.74) is 3.96. The van der Waals surface area contributed by atoms with E-state index in [0.29, 0.717) is 6.42 Å². The molecule has 0 unspecified atom stereocenters. The van der Waals surface area contributed by atoms with Crippen molar-refractivity contribution in [1.29, 1.82) is 0 Å². The average molecular weight is 370 g/mol. The van der Waals surface area contributed by atoms with Gasteiger partial charge in [-0.2, -0.15) is 0 Å². The molecule has 0 aliphatic rings. The topological polar surface area (TPSA) is 49.8 Å². The molecule has 27 heavy (non-hydrogen) atoms. The molecule has 0 aliphatic heterocycles. The van der Waals surface area contributed by atoms with Crippen LogP contribution in [0, 0.1) is 13.8 Å². The molecule has 0 fully saturated rings. The number of likely N-dealkylation sites (N-methyl/N-ethyl adjacent to an activating group) is 1. The number of benzene rings is 2. The standard InChI is InChI=1S/C23H31NO3/c1-7-20(19-13-15(2)16(3)21(14-19)27-6)23(26)24(5)17(4)22(25)18-11-9-8-10-12-18/h8-14,17,20,22,25H,7H2,1-6H3/t17-,20-,22+/m0/s1. The van der Waals surface area contributed by atoms with Gasteiger partial charge in [-0.15, -0.1) is 0 Å². The van der Waals surface area contributed by atoms with Crippen molar-refractivity contribution in [2.75, 3.05) is 14.2 Å². The smallest absolute Gasteiger partial charge is 0.230 e. The van der Waals surface area contributed by atoms with Gasteiger partial charge in [-0.25, -0.2) is 0 Å². The summed E-state index contributed by atoms with van der Waals surface area (Å²) in [5, 5.41) is 10.7. The maximum Gasteiger partial charge on any atom is 0.230 e. The minimum atomic E-state index is -0.730. The number of ether oxygens (including phenoxy) is 1. The Kier molecular flexibility index (Phi) is 7.03. The van der Waals surface area contributed by atoms with Crippen LogP contribution >= 0.6 is 0 Å². The summed E-state index contributed by atoms with van der Waals surface area (Å²) in [6, 6.07) is 13.2. The van der Waals surface area contributed by atoms with Gasteiger partial charge in [-0.3, -0.25) is 4.79 Å². The van der Waals surface area contributed by atoms with E-state index in [4.69, 9.17) is 4.74 Å². The van der Waals surface area contributed by atoms with Crippen LogP contribution in [-0.4, -0.2) is 36.1 Å². The van der Waals surface area contributed by atoms with Crippen molar-refractivity contribution in [3.05, 3.63) is 64.7 Å². The highest BCUT2D eigenvalue weighted by Gasteiger charge is 2.29. The third-order valence-electron chi connectivity index (χ3n) is 5.53. The van der Waals surface area contributed by atoms with Crippen molar-refractivity contribution >= 4 is 5.91 Å². The van der Waals surface area contributed by atoms with Gasteiger partial charge in [-0.05, 0) is 55.5 Å².